The van der Waals surface area contributed by atoms with Gasteiger partial charge in [0.15, 0.2) is 5.82 Å². The summed E-state index contributed by atoms with van der Waals surface area (Å²) in [5.41, 5.74) is 0.952. The van der Waals surface area contributed by atoms with Gasteiger partial charge in [-0.3, -0.25) is 0 Å². The first-order valence-corrected chi connectivity index (χ1v) is 10.1. The number of aromatic nitrogens is 4. The van der Waals surface area contributed by atoms with Crippen LogP contribution in [0.5, 0.6) is 5.88 Å². The molecule has 1 aromatic carbocycles. The van der Waals surface area contributed by atoms with E-state index in [9.17, 15) is 0 Å². The Morgan fingerprint density at radius 2 is 1.79 bits per heavy atom. The Balaban J connectivity index is 1.19. The molecule has 0 atom stereocenters. The Hall–Kier alpha value is -3.00. The molecule has 0 unspecified atom stereocenters. The molecule has 2 aliphatic rings. The zero-order valence-corrected chi connectivity index (χ0v) is 16.5. The fraction of sp³-hybridized carbons (Fsp3) is 0.429. The standard InChI is InChI=1S/C21H25N7O/c1-27-8-10-28(11-9-27)19-20(23-7-6-22-19)29-17-12-16(13-17)25-21-24-14-15-4-2-3-5-18(15)26-21/h2-7,14,16-17H,8-13H2,1H3,(H,24,25,26)/t16-,17+. The van der Waals surface area contributed by atoms with E-state index in [-0.39, 0.29) is 6.10 Å². The van der Waals surface area contributed by atoms with Crippen LogP contribution in [-0.2, 0) is 0 Å². The minimum absolute atomic E-state index is 0.135. The first-order valence-electron chi connectivity index (χ1n) is 10.1. The van der Waals surface area contributed by atoms with Crippen molar-refractivity contribution in [2.24, 2.45) is 0 Å². The Morgan fingerprint density at radius 1 is 1.00 bits per heavy atom. The minimum atomic E-state index is 0.135. The molecule has 29 heavy (non-hydrogen) atoms. The van der Waals surface area contributed by atoms with E-state index in [2.05, 4.69) is 42.1 Å². The second-order valence-electron chi connectivity index (χ2n) is 7.78. The number of piperazine rings is 1. The van der Waals surface area contributed by atoms with Crippen molar-refractivity contribution in [1.29, 1.82) is 0 Å². The summed E-state index contributed by atoms with van der Waals surface area (Å²) in [6.07, 6.45) is 7.23. The van der Waals surface area contributed by atoms with Gasteiger partial charge in [0.25, 0.3) is 5.88 Å². The number of likely N-dealkylation sites (N-methyl/N-ethyl adjacent to an activating group) is 1. The van der Waals surface area contributed by atoms with Gasteiger partial charge in [-0.15, -0.1) is 0 Å². The molecule has 1 aliphatic heterocycles. The zero-order valence-electron chi connectivity index (χ0n) is 16.5. The third kappa shape index (κ3) is 3.93. The maximum Gasteiger partial charge on any atom is 0.257 e. The molecule has 0 amide bonds. The van der Waals surface area contributed by atoms with Gasteiger partial charge in [0.05, 0.1) is 5.52 Å². The van der Waals surface area contributed by atoms with Crippen molar-refractivity contribution in [2.75, 3.05) is 43.4 Å². The van der Waals surface area contributed by atoms with Crippen LogP contribution >= 0.6 is 0 Å². The summed E-state index contributed by atoms with van der Waals surface area (Å²) in [4.78, 5) is 22.6. The molecular weight excluding hydrogens is 366 g/mol. The summed E-state index contributed by atoms with van der Waals surface area (Å²) in [6, 6.07) is 8.32. The summed E-state index contributed by atoms with van der Waals surface area (Å²) >= 11 is 0. The van der Waals surface area contributed by atoms with Gasteiger partial charge in [0.1, 0.15) is 6.10 Å². The smallest absolute Gasteiger partial charge is 0.257 e. The average molecular weight is 391 g/mol. The Kier molecular flexibility index (Phi) is 4.85. The van der Waals surface area contributed by atoms with Crippen LogP contribution in [0.25, 0.3) is 10.9 Å². The average Bonchev–Trinajstić information content (AvgIpc) is 2.73. The van der Waals surface area contributed by atoms with Gasteiger partial charge >= 0.3 is 0 Å². The van der Waals surface area contributed by atoms with Crippen LogP contribution in [0.2, 0.25) is 0 Å². The normalized spacial score (nSPS) is 22.3. The maximum atomic E-state index is 6.19. The molecule has 2 fully saturated rings. The van der Waals surface area contributed by atoms with Crippen LogP contribution in [0.15, 0.2) is 42.9 Å². The molecule has 1 saturated carbocycles. The topological polar surface area (TPSA) is 79.3 Å². The van der Waals surface area contributed by atoms with Gasteiger partial charge < -0.3 is 19.9 Å². The van der Waals surface area contributed by atoms with Crippen molar-refractivity contribution in [2.45, 2.75) is 25.0 Å². The molecular formula is C21H25N7O. The van der Waals surface area contributed by atoms with Crippen molar-refractivity contribution in [3.8, 4) is 5.88 Å². The Labute approximate surface area is 170 Å². The van der Waals surface area contributed by atoms with Crippen molar-refractivity contribution >= 4 is 22.7 Å². The highest BCUT2D eigenvalue weighted by Crippen LogP contribution is 2.31. The molecule has 3 heterocycles. The summed E-state index contributed by atoms with van der Waals surface area (Å²) < 4.78 is 6.19. The number of rotatable bonds is 5. The van der Waals surface area contributed by atoms with Gasteiger partial charge in [-0.25, -0.2) is 19.9 Å². The molecule has 2 aromatic heterocycles. The maximum absolute atomic E-state index is 6.19. The summed E-state index contributed by atoms with van der Waals surface area (Å²) in [5, 5.41) is 4.46. The van der Waals surface area contributed by atoms with E-state index in [0.717, 1.165) is 55.7 Å². The van der Waals surface area contributed by atoms with Crippen LogP contribution in [0, 0.1) is 0 Å². The van der Waals surface area contributed by atoms with Crippen LogP contribution in [-0.4, -0.2) is 70.2 Å². The first-order chi connectivity index (χ1) is 14.2. The minimum Gasteiger partial charge on any atom is -0.472 e. The van der Waals surface area contributed by atoms with E-state index in [1.165, 1.54) is 0 Å². The molecule has 3 aromatic rings. The van der Waals surface area contributed by atoms with Crippen LogP contribution in [0.4, 0.5) is 11.8 Å². The molecule has 1 aliphatic carbocycles. The van der Waals surface area contributed by atoms with E-state index in [4.69, 9.17) is 4.74 Å². The SMILES string of the molecule is CN1CCN(c2nccnc2O[C@H]2C[C@@H](Nc3ncc4ccccc4n3)C2)CC1. The molecule has 5 rings (SSSR count). The van der Waals surface area contributed by atoms with E-state index in [1.54, 1.807) is 12.4 Å². The third-order valence-electron chi connectivity index (χ3n) is 5.64. The van der Waals surface area contributed by atoms with Gasteiger partial charge in [-0.1, -0.05) is 18.2 Å². The lowest BCUT2D eigenvalue weighted by atomic mass is 9.89. The molecule has 8 nitrogen and oxygen atoms in total. The van der Waals surface area contributed by atoms with Crippen LogP contribution < -0.4 is 15.0 Å². The molecule has 1 N–H and O–H groups in total. The predicted molar refractivity (Wildman–Crippen MR) is 112 cm³/mol. The van der Waals surface area contributed by atoms with Crippen LogP contribution in [0.1, 0.15) is 12.8 Å². The van der Waals surface area contributed by atoms with Gasteiger partial charge in [0, 0.05) is 69.0 Å². The highest BCUT2D eigenvalue weighted by Gasteiger charge is 2.33. The molecule has 0 bridgehead atoms. The van der Waals surface area contributed by atoms with Gasteiger partial charge in [-0.2, -0.15) is 0 Å². The van der Waals surface area contributed by atoms with Gasteiger partial charge in [0.2, 0.25) is 5.95 Å². The monoisotopic (exact) mass is 391 g/mol. The number of benzene rings is 1. The quantitative estimate of drug-likeness (QED) is 0.709. The zero-order chi connectivity index (χ0) is 19.6. The lowest BCUT2D eigenvalue weighted by Crippen LogP contribution is -2.46. The Morgan fingerprint density at radius 3 is 2.66 bits per heavy atom. The summed E-state index contributed by atoms with van der Waals surface area (Å²) in [7, 11) is 2.15. The van der Waals surface area contributed by atoms with E-state index >= 15 is 0 Å². The number of nitrogens with one attached hydrogen (secondary N) is 1. The first kappa shape index (κ1) is 18.1. The largest absolute Gasteiger partial charge is 0.472 e. The lowest BCUT2D eigenvalue weighted by Gasteiger charge is -2.37. The van der Waals surface area contributed by atoms with E-state index < -0.39 is 0 Å². The third-order valence-corrected chi connectivity index (χ3v) is 5.64. The molecule has 0 radical (unpaired) electrons. The number of fused-ring (bicyclic) bond motifs is 1. The second kappa shape index (κ2) is 7.79. The van der Waals surface area contributed by atoms with E-state index in [1.807, 2.05) is 30.5 Å². The summed E-state index contributed by atoms with van der Waals surface area (Å²) in [6.45, 7) is 3.94. The highest BCUT2D eigenvalue weighted by molar-refractivity contribution is 5.78. The fourth-order valence-electron chi connectivity index (χ4n) is 3.80. The van der Waals surface area contributed by atoms with Crippen molar-refractivity contribution in [1.82, 2.24) is 24.8 Å². The van der Waals surface area contributed by atoms with E-state index in [0.29, 0.717) is 17.9 Å². The molecule has 0 spiro atoms. The fourth-order valence-corrected chi connectivity index (χ4v) is 3.80. The number of para-hydroxylation sites is 1. The van der Waals surface area contributed by atoms with Gasteiger partial charge in [-0.05, 0) is 13.1 Å². The number of ether oxygens (including phenoxy) is 1. The van der Waals surface area contributed by atoms with Crippen molar-refractivity contribution < 1.29 is 4.74 Å². The number of nitrogens with zero attached hydrogens (tertiary/aromatic N) is 6. The van der Waals surface area contributed by atoms with Crippen molar-refractivity contribution in [3.63, 3.8) is 0 Å². The highest BCUT2D eigenvalue weighted by atomic mass is 16.5. The number of anilines is 2. The Bertz CT molecular complexity index is 983. The van der Waals surface area contributed by atoms with Crippen molar-refractivity contribution in [3.05, 3.63) is 42.9 Å². The molecule has 8 heteroatoms. The second-order valence-corrected chi connectivity index (χ2v) is 7.78. The number of hydrogen-bond donors (Lipinski definition) is 1. The number of hydrogen-bond acceptors (Lipinski definition) is 8. The summed E-state index contributed by atoms with van der Waals surface area (Å²) in [5.74, 6) is 2.17. The predicted octanol–water partition coefficient (Wildman–Crippen LogP) is 2.19. The molecule has 150 valence electrons. The lowest BCUT2D eigenvalue weighted by molar-refractivity contribution is 0.102. The molecule has 1 saturated heterocycles. The van der Waals surface area contributed by atoms with Crippen LogP contribution in [0.3, 0.4) is 0 Å².